The van der Waals surface area contributed by atoms with Gasteiger partial charge in [-0.3, -0.25) is 0 Å². The van der Waals surface area contributed by atoms with Crippen LogP contribution < -0.4 is 0 Å². The Bertz CT molecular complexity index is 382. The summed E-state index contributed by atoms with van der Waals surface area (Å²) in [5, 5.41) is 0. The fourth-order valence-corrected chi connectivity index (χ4v) is 2.99. The first-order valence-electron chi connectivity index (χ1n) is 7.18. The van der Waals surface area contributed by atoms with Crippen LogP contribution in [0.25, 0.3) is 0 Å². The zero-order chi connectivity index (χ0) is 12.2. The largest absolute Gasteiger partial charge is 0.381 e. The molecule has 3 rings (SSSR count). The predicted molar refractivity (Wildman–Crippen MR) is 71.8 cm³/mol. The molecular weight excluding hydrogens is 224 g/mol. The van der Waals surface area contributed by atoms with Gasteiger partial charge in [0, 0.05) is 19.8 Å². The number of hydrogen-bond acceptors (Lipinski definition) is 2. The lowest BCUT2D eigenvalue weighted by atomic mass is 9.90. The van der Waals surface area contributed by atoms with Gasteiger partial charge in [0.25, 0.3) is 0 Å². The monoisotopic (exact) mass is 246 g/mol. The Morgan fingerprint density at radius 3 is 2.67 bits per heavy atom. The molecule has 0 saturated carbocycles. The summed E-state index contributed by atoms with van der Waals surface area (Å²) in [7, 11) is 0. The molecular formula is C16H22O2. The third kappa shape index (κ3) is 2.93. The molecule has 98 valence electrons. The molecule has 2 nitrogen and oxygen atoms in total. The van der Waals surface area contributed by atoms with Crippen molar-refractivity contribution in [1.82, 2.24) is 0 Å². The Labute approximate surface area is 109 Å². The van der Waals surface area contributed by atoms with Gasteiger partial charge in [0.15, 0.2) is 0 Å². The minimum atomic E-state index is 0.433. The van der Waals surface area contributed by atoms with Crippen LogP contribution in [0.2, 0.25) is 0 Å². The molecule has 1 atom stereocenters. The highest BCUT2D eigenvalue weighted by atomic mass is 16.5. The fraction of sp³-hybridized carbons (Fsp3) is 0.625. The lowest BCUT2D eigenvalue weighted by Gasteiger charge is -2.28. The molecule has 1 aliphatic heterocycles. The van der Waals surface area contributed by atoms with Crippen molar-refractivity contribution in [2.75, 3.05) is 19.8 Å². The molecule has 1 aromatic rings. The Kier molecular flexibility index (Phi) is 3.96. The molecule has 0 aromatic heterocycles. The van der Waals surface area contributed by atoms with Gasteiger partial charge >= 0.3 is 0 Å². The zero-order valence-corrected chi connectivity index (χ0v) is 10.9. The summed E-state index contributed by atoms with van der Waals surface area (Å²) in [6, 6.07) is 8.78. The SMILES string of the molecule is c1ccc2c(c1)CCC(OCC1CCOCC1)C2. The van der Waals surface area contributed by atoms with Crippen LogP contribution in [0.5, 0.6) is 0 Å². The molecule has 1 unspecified atom stereocenters. The van der Waals surface area contributed by atoms with E-state index in [-0.39, 0.29) is 0 Å². The minimum Gasteiger partial charge on any atom is -0.381 e. The van der Waals surface area contributed by atoms with Gasteiger partial charge in [0.1, 0.15) is 0 Å². The topological polar surface area (TPSA) is 18.5 Å². The van der Waals surface area contributed by atoms with Crippen LogP contribution in [0, 0.1) is 5.92 Å². The average Bonchev–Trinajstić information content (AvgIpc) is 2.46. The van der Waals surface area contributed by atoms with E-state index < -0.39 is 0 Å². The van der Waals surface area contributed by atoms with Gasteiger partial charge in [0.2, 0.25) is 0 Å². The first-order chi connectivity index (χ1) is 8.92. The molecule has 0 radical (unpaired) electrons. The first-order valence-corrected chi connectivity index (χ1v) is 7.18. The lowest BCUT2D eigenvalue weighted by Crippen LogP contribution is -2.27. The van der Waals surface area contributed by atoms with E-state index in [4.69, 9.17) is 9.47 Å². The van der Waals surface area contributed by atoms with Gasteiger partial charge in [-0.1, -0.05) is 24.3 Å². The van der Waals surface area contributed by atoms with Gasteiger partial charge < -0.3 is 9.47 Å². The molecule has 0 amide bonds. The third-order valence-corrected chi connectivity index (χ3v) is 4.21. The van der Waals surface area contributed by atoms with E-state index in [9.17, 15) is 0 Å². The summed E-state index contributed by atoms with van der Waals surface area (Å²) in [4.78, 5) is 0. The van der Waals surface area contributed by atoms with Crippen LogP contribution in [0.1, 0.15) is 30.4 Å². The van der Waals surface area contributed by atoms with Gasteiger partial charge in [-0.2, -0.15) is 0 Å². The fourth-order valence-electron chi connectivity index (χ4n) is 2.99. The Morgan fingerprint density at radius 1 is 1.06 bits per heavy atom. The van der Waals surface area contributed by atoms with Crippen LogP contribution in [0.3, 0.4) is 0 Å². The summed E-state index contributed by atoms with van der Waals surface area (Å²) in [5.41, 5.74) is 3.00. The standard InChI is InChI=1S/C16H22O2/c1-2-4-15-11-16(6-5-14(15)3-1)18-12-13-7-9-17-10-8-13/h1-4,13,16H,5-12H2. The number of ether oxygens (including phenoxy) is 2. The van der Waals surface area contributed by atoms with Crippen molar-refractivity contribution < 1.29 is 9.47 Å². The highest BCUT2D eigenvalue weighted by Gasteiger charge is 2.21. The second-order valence-corrected chi connectivity index (χ2v) is 5.52. The maximum Gasteiger partial charge on any atom is 0.0618 e. The van der Waals surface area contributed by atoms with Crippen molar-refractivity contribution in [3.05, 3.63) is 35.4 Å². The van der Waals surface area contributed by atoms with E-state index in [0.717, 1.165) is 32.2 Å². The third-order valence-electron chi connectivity index (χ3n) is 4.21. The highest BCUT2D eigenvalue weighted by molar-refractivity contribution is 5.29. The maximum absolute atomic E-state index is 6.12. The van der Waals surface area contributed by atoms with E-state index in [1.807, 2.05) is 0 Å². The van der Waals surface area contributed by atoms with Gasteiger partial charge in [0.05, 0.1) is 6.10 Å². The van der Waals surface area contributed by atoms with Crippen LogP contribution >= 0.6 is 0 Å². The van der Waals surface area contributed by atoms with Crippen molar-refractivity contribution in [1.29, 1.82) is 0 Å². The molecule has 1 fully saturated rings. The molecule has 1 aromatic carbocycles. The minimum absolute atomic E-state index is 0.433. The van der Waals surface area contributed by atoms with Gasteiger partial charge in [-0.05, 0) is 49.1 Å². The quantitative estimate of drug-likeness (QED) is 0.816. The second-order valence-electron chi connectivity index (χ2n) is 5.52. The Balaban J connectivity index is 1.50. The predicted octanol–water partition coefficient (Wildman–Crippen LogP) is 2.99. The molecule has 0 N–H and O–H groups in total. The van der Waals surface area contributed by atoms with E-state index in [1.54, 1.807) is 0 Å². The lowest BCUT2D eigenvalue weighted by molar-refractivity contribution is -0.0149. The molecule has 2 aliphatic rings. The number of benzene rings is 1. The summed E-state index contributed by atoms with van der Waals surface area (Å²) in [6.45, 7) is 2.76. The number of fused-ring (bicyclic) bond motifs is 1. The van der Waals surface area contributed by atoms with Gasteiger partial charge in [-0.25, -0.2) is 0 Å². The molecule has 1 saturated heterocycles. The molecule has 0 bridgehead atoms. The molecule has 18 heavy (non-hydrogen) atoms. The maximum atomic E-state index is 6.12. The molecule has 1 heterocycles. The van der Waals surface area contributed by atoms with Crippen LogP contribution in [0.4, 0.5) is 0 Å². The number of hydrogen-bond donors (Lipinski definition) is 0. The van der Waals surface area contributed by atoms with Crippen molar-refractivity contribution in [2.45, 2.75) is 38.2 Å². The molecule has 0 spiro atoms. The summed E-state index contributed by atoms with van der Waals surface area (Å²) < 4.78 is 11.5. The van der Waals surface area contributed by atoms with Crippen molar-refractivity contribution >= 4 is 0 Å². The second kappa shape index (κ2) is 5.85. The van der Waals surface area contributed by atoms with Crippen LogP contribution in [-0.2, 0) is 22.3 Å². The van der Waals surface area contributed by atoms with Crippen LogP contribution in [0.15, 0.2) is 24.3 Å². The number of aryl methyl sites for hydroxylation is 1. The highest BCUT2D eigenvalue weighted by Crippen LogP contribution is 2.24. The van der Waals surface area contributed by atoms with Crippen LogP contribution in [-0.4, -0.2) is 25.9 Å². The molecule has 1 aliphatic carbocycles. The normalized spacial score (nSPS) is 24.8. The summed E-state index contributed by atoms with van der Waals surface area (Å²) in [5.74, 6) is 0.718. The number of rotatable bonds is 3. The van der Waals surface area contributed by atoms with E-state index in [2.05, 4.69) is 24.3 Å². The zero-order valence-electron chi connectivity index (χ0n) is 10.9. The van der Waals surface area contributed by atoms with Crippen molar-refractivity contribution in [3.63, 3.8) is 0 Å². The summed E-state index contributed by atoms with van der Waals surface area (Å²) in [6.07, 6.45) is 6.23. The first kappa shape index (κ1) is 12.2. The van der Waals surface area contributed by atoms with Gasteiger partial charge in [-0.15, -0.1) is 0 Å². The van der Waals surface area contributed by atoms with Crippen molar-refractivity contribution in [3.8, 4) is 0 Å². The Morgan fingerprint density at radius 2 is 1.83 bits per heavy atom. The molecule has 2 heteroatoms. The average molecular weight is 246 g/mol. The Hall–Kier alpha value is -0.860. The van der Waals surface area contributed by atoms with E-state index in [0.29, 0.717) is 6.10 Å². The van der Waals surface area contributed by atoms with E-state index in [1.165, 1.54) is 36.8 Å². The van der Waals surface area contributed by atoms with Crippen molar-refractivity contribution in [2.24, 2.45) is 5.92 Å². The van der Waals surface area contributed by atoms with E-state index >= 15 is 0 Å². The summed E-state index contributed by atoms with van der Waals surface area (Å²) >= 11 is 0. The smallest absolute Gasteiger partial charge is 0.0618 e.